The van der Waals surface area contributed by atoms with Crippen LogP contribution in [0.15, 0.2) is 30.3 Å². The number of esters is 1. The summed E-state index contributed by atoms with van der Waals surface area (Å²) < 4.78 is 5.06. The van der Waals surface area contributed by atoms with Crippen LogP contribution in [0.4, 0.5) is 0 Å². The van der Waals surface area contributed by atoms with Crippen molar-refractivity contribution in [3.63, 3.8) is 0 Å². The molecule has 2 rings (SSSR count). The summed E-state index contributed by atoms with van der Waals surface area (Å²) in [5.41, 5.74) is 0.554. The smallest absolute Gasteiger partial charge is 0.339 e. The summed E-state index contributed by atoms with van der Waals surface area (Å²) in [4.78, 5) is 13.3. The van der Waals surface area contributed by atoms with E-state index in [-0.39, 0.29) is 18.8 Å². The Morgan fingerprint density at radius 2 is 2.07 bits per heavy atom. The molecule has 80 valence electrons. The molecule has 1 saturated heterocycles. The Labute approximate surface area is 88.1 Å². The number of carbonyl (C=O) groups excluding carboxylic acids is 1. The first-order valence-corrected chi connectivity index (χ1v) is 4.88. The number of aliphatic hydroxyl groups is 1. The molecule has 1 N–H and O–H groups in total. The molecule has 0 aliphatic carbocycles. The molecule has 1 aromatic rings. The van der Waals surface area contributed by atoms with Crippen LogP contribution in [0.5, 0.6) is 0 Å². The van der Waals surface area contributed by atoms with E-state index < -0.39 is 0 Å². The average molecular weight is 207 g/mol. The van der Waals surface area contributed by atoms with Crippen LogP contribution in [-0.2, 0) is 4.74 Å². The second-order valence-electron chi connectivity index (χ2n) is 3.62. The highest BCUT2D eigenvalue weighted by atomic mass is 16.5. The first-order valence-electron chi connectivity index (χ1n) is 4.88. The first-order chi connectivity index (χ1) is 7.25. The van der Waals surface area contributed by atoms with Gasteiger partial charge < -0.3 is 9.84 Å². The maximum atomic E-state index is 11.5. The van der Waals surface area contributed by atoms with Gasteiger partial charge in [-0.05, 0) is 12.1 Å². The van der Waals surface area contributed by atoms with Gasteiger partial charge in [-0.25, -0.2) is 4.79 Å². The highest BCUT2D eigenvalue weighted by Gasteiger charge is 2.24. The fourth-order valence-electron chi connectivity index (χ4n) is 1.46. The Morgan fingerprint density at radius 1 is 1.40 bits per heavy atom. The van der Waals surface area contributed by atoms with Crippen molar-refractivity contribution >= 4 is 5.97 Å². The summed E-state index contributed by atoms with van der Waals surface area (Å²) in [5, 5.41) is 9.02. The number of hydrogen-bond donors (Lipinski definition) is 1. The molecule has 1 aliphatic heterocycles. The second-order valence-corrected chi connectivity index (χ2v) is 3.62. The van der Waals surface area contributed by atoms with Crippen molar-refractivity contribution in [2.75, 3.05) is 19.8 Å². The quantitative estimate of drug-likeness (QED) is 0.732. The molecule has 0 unspecified atom stereocenters. The van der Waals surface area contributed by atoms with Gasteiger partial charge >= 0.3 is 5.97 Å². The topological polar surface area (TPSA) is 49.8 Å². The maximum absolute atomic E-state index is 11.5. The number of benzene rings is 1. The average Bonchev–Trinajstić information content (AvgIpc) is 2.23. The van der Waals surface area contributed by atoms with E-state index in [1.54, 1.807) is 24.3 Å². The lowest BCUT2D eigenvalue weighted by atomic mass is 10.2. The summed E-state index contributed by atoms with van der Waals surface area (Å²) in [6.45, 7) is 1.43. The number of β-amino-alcohol motifs (C(OH)–C–C–N with tert-alkyl or cyclic N) is 1. The third-order valence-corrected chi connectivity index (χ3v) is 2.33. The van der Waals surface area contributed by atoms with E-state index in [1.807, 2.05) is 11.0 Å². The Hall–Kier alpha value is -1.39. The molecule has 4 heteroatoms. The normalized spacial score (nSPS) is 17.1. The van der Waals surface area contributed by atoms with Crippen LogP contribution in [0.1, 0.15) is 10.4 Å². The van der Waals surface area contributed by atoms with Crippen molar-refractivity contribution in [2.24, 2.45) is 0 Å². The molecular weight excluding hydrogens is 194 g/mol. The maximum Gasteiger partial charge on any atom is 0.339 e. The zero-order valence-electron chi connectivity index (χ0n) is 8.30. The van der Waals surface area contributed by atoms with E-state index in [1.165, 1.54) is 0 Å². The van der Waals surface area contributed by atoms with E-state index in [9.17, 15) is 4.79 Å². The molecule has 1 aromatic carbocycles. The molecule has 0 spiro atoms. The molecule has 15 heavy (non-hydrogen) atoms. The standard InChI is InChI=1S/C11H13NO3/c13-10-6-12(7-10)8-15-11(14)9-4-2-1-3-5-9/h1-5,10,13H,6-8H2. The van der Waals surface area contributed by atoms with Gasteiger partial charge in [-0.2, -0.15) is 0 Å². The van der Waals surface area contributed by atoms with E-state index in [0.717, 1.165) is 0 Å². The van der Waals surface area contributed by atoms with Crippen molar-refractivity contribution < 1.29 is 14.6 Å². The molecule has 1 heterocycles. The summed E-state index contributed by atoms with van der Waals surface area (Å²) in [7, 11) is 0. The predicted octanol–water partition coefficient (Wildman–Crippen LogP) is 0.477. The summed E-state index contributed by atoms with van der Waals surface area (Å²) in [6.07, 6.45) is -0.263. The third kappa shape index (κ3) is 2.55. The van der Waals surface area contributed by atoms with Gasteiger partial charge in [0.05, 0.1) is 11.7 Å². The molecule has 1 aliphatic rings. The Balaban J connectivity index is 1.78. The minimum Gasteiger partial charge on any atom is -0.446 e. The lowest BCUT2D eigenvalue weighted by molar-refractivity contribution is -0.0546. The highest BCUT2D eigenvalue weighted by molar-refractivity contribution is 5.89. The number of ether oxygens (including phenoxy) is 1. The van der Waals surface area contributed by atoms with Gasteiger partial charge in [-0.1, -0.05) is 18.2 Å². The number of carbonyl (C=O) groups is 1. The number of nitrogens with zero attached hydrogens (tertiary/aromatic N) is 1. The molecule has 0 aromatic heterocycles. The Bertz CT molecular complexity index is 333. The minimum absolute atomic E-state index is 0.255. The number of rotatable bonds is 3. The van der Waals surface area contributed by atoms with Gasteiger partial charge in [-0.15, -0.1) is 0 Å². The van der Waals surface area contributed by atoms with Crippen LogP contribution in [0.2, 0.25) is 0 Å². The van der Waals surface area contributed by atoms with Crippen molar-refractivity contribution in [3.8, 4) is 0 Å². The molecule has 0 atom stereocenters. The first kappa shape index (κ1) is 10.1. The highest BCUT2D eigenvalue weighted by Crippen LogP contribution is 2.08. The zero-order chi connectivity index (χ0) is 10.7. The molecule has 4 nitrogen and oxygen atoms in total. The summed E-state index contributed by atoms with van der Waals surface area (Å²) in [5.74, 6) is -0.322. The van der Waals surface area contributed by atoms with Crippen LogP contribution >= 0.6 is 0 Å². The van der Waals surface area contributed by atoms with E-state index in [2.05, 4.69) is 0 Å². The largest absolute Gasteiger partial charge is 0.446 e. The zero-order valence-corrected chi connectivity index (χ0v) is 8.30. The fraction of sp³-hybridized carbons (Fsp3) is 0.364. The SMILES string of the molecule is O=C(OCN1CC(O)C1)c1ccccc1. The van der Waals surface area contributed by atoms with E-state index in [0.29, 0.717) is 18.7 Å². The lowest BCUT2D eigenvalue weighted by Gasteiger charge is -2.34. The number of hydrogen-bond acceptors (Lipinski definition) is 4. The van der Waals surface area contributed by atoms with Gasteiger partial charge in [0.2, 0.25) is 0 Å². The molecule has 0 amide bonds. The monoisotopic (exact) mass is 207 g/mol. The molecule has 1 fully saturated rings. The van der Waals surface area contributed by atoms with Crippen molar-refractivity contribution in [1.82, 2.24) is 4.90 Å². The van der Waals surface area contributed by atoms with Crippen LogP contribution in [-0.4, -0.2) is 41.9 Å². The van der Waals surface area contributed by atoms with Crippen LogP contribution < -0.4 is 0 Å². The Kier molecular flexibility index (Phi) is 2.99. The number of likely N-dealkylation sites (tertiary alicyclic amines) is 1. The van der Waals surface area contributed by atoms with Gasteiger partial charge in [0.15, 0.2) is 0 Å². The Morgan fingerprint density at radius 3 is 2.67 bits per heavy atom. The minimum atomic E-state index is -0.322. The molecule has 0 radical (unpaired) electrons. The van der Waals surface area contributed by atoms with E-state index in [4.69, 9.17) is 9.84 Å². The van der Waals surface area contributed by atoms with Crippen LogP contribution in [0.3, 0.4) is 0 Å². The molecular formula is C11H13NO3. The fourth-order valence-corrected chi connectivity index (χ4v) is 1.46. The third-order valence-electron chi connectivity index (χ3n) is 2.33. The second kappa shape index (κ2) is 4.42. The predicted molar refractivity (Wildman–Crippen MR) is 54.3 cm³/mol. The lowest BCUT2D eigenvalue weighted by Crippen LogP contribution is -2.51. The van der Waals surface area contributed by atoms with Gasteiger partial charge in [0, 0.05) is 13.1 Å². The molecule has 0 bridgehead atoms. The van der Waals surface area contributed by atoms with Gasteiger partial charge in [0.25, 0.3) is 0 Å². The van der Waals surface area contributed by atoms with Crippen molar-refractivity contribution in [3.05, 3.63) is 35.9 Å². The van der Waals surface area contributed by atoms with Gasteiger partial charge in [0.1, 0.15) is 6.73 Å². The van der Waals surface area contributed by atoms with E-state index >= 15 is 0 Å². The van der Waals surface area contributed by atoms with Gasteiger partial charge in [-0.3, -0.25) is 4.90 Å². The van der Waals surface area contributed by atoms with Crippen LogP contribution in [0, 0.1) is 0 Å². The summed E-state index contributed by atoms with van der Waals surface area (Å²) >= 11 is 0. The molecule has 0 saturated carbocycles. The van der Waals surface area contributed by atoms with Crippen molar-refractivity contribution in [2.45, 2.75) is 6.10 Å². The van der Waals surface area contributed by atoms with Crippen molar-refractivity contribution in [1.29, 1.82) is 0 Å². The number of aliphatic hydroxyl groups excluding tert-OH is 1. The summed E-state index contributed by atoms with van der Waals surface area (Å²) in [6, 6.07) is 8.87. The van der Waals surface area contributed by atoms with Crippen LogP contribution in [0.25, 0.3) is 0 Å².